The van der Waals surface area contributed by atoms with E-state index in [0.717, 1.165) is 46.5 Å². The van der Waals surface area contributed by atoms with E-state index in [1.807, 2.05) is 89.5 Å². The molecule has 1 aliphatic carbocycles. The van der Waals surface area contributed by atoms with Crippen molar-refractivity contribution < 1.29 is 4.74 Å². The normalized spacial score (nSPS) is 16.1. The Hall–Kier alpha value is -4.19. The lowest BCUT2D eigenvalue weighted by atomic mass is 9.83. The lowest BCUT2D eigenvalue weighted by Gasteiger charge is -2.30. The van der Waals surface area contributed by atoms with Crippen LogP contribution in [0, 0.1) is 0 Å². The summed E-state index contributed by atoms with van der Waals surface area (Å²) >= 11 is 7.67. The van der Waals surface area contributed by atoms with Crippen molar-refractivity contribution in [3.63, 3.8) is 0 Å². The van der Waals surface area contributed by atoms with Gasteiger partial charge in [0.15, 0.2) is 4.80 Å². The van der Waals surface area contributed by atoms with E-state index < -0.39 is 0 Å². The number of para-hydroxylation sites is 1. The van der Waals surface area contributed by atoms with Gasteiger partial charge in [-0.3, -0.25) is 9.36 Å². The number of aromatic nitrogens is 1. The highest BCUT2D eigenvalue weighted by atomic mass is 35.5. The summed E-state index contributed by atoms with van der Waals surface area (Å²) in [5.41, 5.74) is 7.54. The van der Waals surface area contributed by atoms with E-state index in [1.165, 1.54) is 22.5 Å². The number of thiazole rings is 1. The minimum Gasteiger partial charge on any atom is -0.488 e. The second-order valence-electron chi connectivity index (χ2n) is 9.98. The molecule has 0 spiro atoms. The minimum absolute atomic E-state index is 0.0491. The summed E-state index contributed by atoms with van der Waals surface area (Å²) < 4.78 is 8.66. The molecule has 0 N–H and O–H groups in total. The van der Waals surface area contributed by atoms with Gasteiger partial charge in [-0.1, -0.05) is 108 Å². The van der Waals surface area contributed by atoms with Gasteiger partial charge >= 0.3 is 0 Å². The monoisotopic (exact) mass is 560 g/mol. The van der Waals surface area contributed by atoms with Gasteiger partial charge in [0.2, 0.25) is 0 Å². The topological polar surface area (TPSA) is 43.6 Å². The van der Waals surface area contributed by atoms with E-state index in [1.54, 1.807) is 0 Å². The summed E-state index contributed by atoms with van der Waals surface area (Å²) in [6.07, 6.45) is 3.70. The molecule has 1 aromatic heterocycles. The van der Waals surface area contributed by atoms with Crippen molar-refractivity contribution >= 4 is 34.7 Å². The average molecular weight is 561 g/mol. The smallest absolute Gasteiger partial charge is 0.271 e. The SMILES string of the molecule is O=c1/c(=C/c2ccccc2OCc2ccccc2)sc2n1[C@H](c1ccc(Cl)cc1)C1=C(N=2)c2ccccc2CC1. The molecule has 0 radical (unpaired) electrons. The van der Waals surface area contributed by atoms with Gasteiger partial charge in [0.05, 0.1) is 16.3 Å². The molecular weight excluding hydrogens is 536 g/mol. The molecule has 1 atom stereocenters. The number of halogens is 1. The van der Waals surface area contributed by atoms with Crippen molar-refractivity contribution in [1.29, 1.82) is 0 Å². The van der Waals surface area contributed by atoms with Gasteiger partial charge in [0, 0.05) is 16.1 Å². The number of aryl methyl sites for hydroxylation is 1. The second kappa shape index (κ2) is 10.4. The number of nitrogens with zero attached hydrogens (tertiary/aromatic N) is 2. The first-order valence-electron chi connectivity index (χ1n) is 13.3. The molecular formula is C34H25ClN2O2S. The van der Waals surface area contributed by atoms with Crippen LogP contribution in [0.1, 0.15) is 40.3 Å². The third-order valence-corrected chi connectivity index (χ3v) is 8.74. The van der Waals surface area contributed by atoms with E-state index in [-0.39, 0.29) is 11.6 Å². The Morgan fingerprint density at radius 1 is 0.900 bits per heavy atom. The number of hydrogen-bond acceptors (Lipinski definition) is 4. The van der Waals surface area contributed by atoms with E-state index in [0.29, 0.717) is 21.0 Å². The third kappa shape index (κ3) is 4.51. The summed E-state index contributed by atoms with van der Waals surface area (Å²) in [5.74, 6) is 0.736. The standard InChI is InChI=1S/C34H25ClN2O2S/c35-26-17-14-24(15-18-26)32-28-19-16-23-10-4-6-12-27(23)31(28)36-34-37(32)33(38)30(40-34)20-25-11-5-7-13-29(25)39-21-22-8-2-1-3-9-22/h1-15,17-18,20,32H,16,19,21H2/b30-20-/t32-/m1/s1. The number of benzene rings is 4. The van der Waals surface area contributed by atoms with Crippen molar-refractivity contribution in [2.75, 3.05) is 0 Å². The zero-order valence-electron chi connectivity index (χ0n) is 21.6. The fourth-order valence-corrected chi connectivity index (χ4v) is 6.69. The van der Waals surface area contributed by atoms with Crippen molar-refractivity contribution in [2.45, 2.75) is 25.5 Å². The van der Waals surface area contributed by atoms with E-state index in [2.05, 4.69) is 24.3 Å². The highest BCUT2D eigenvalue weighted by molar-refractivity contribution is 7.07. The molecule has 4 aromatic carbocycles. The van der Waals surface area contributed by atoms with Gasteiger partial charge in [-0.05, 0) is 59.4 Å². The lowest BCUT2D eigenvalue weighted by molar-refractivity contribution is 0.305. The zero-order chi connectivity index (χ0) is 27.1. The van der Waals surface area contributed by atoms with Gasteiger partial charge < -0.3 is 4.74 Å². The van der Waals surface area contributed by atoms with Crippen LogP contribution in [0.25, 0.3) is 11.8 Å². The second-order valence-corrected chi connectivity index (χ2v) is 11.4. The van der Waals surface area contributed by atoms with Crippen LogP contribution in [0.5, 0.6) is 5.75 Å². The van der Waals surface area contributed by atoms with Crippen LogP contribution in [-0.4, -0.2) is 4.57 Å². The fourth-order valence-electron chi connectivity index (χ4n) is 5.58. The van der Waals surface area contributed by atoms with Crippen LogP contribution in [0.15, 0.2) is 118 Å². The first-order valence-corrected chi connectivity index (χ1v) is 14.5. The number of hydrogen-bond donors (Lipinski definition) is 0. The molecule has 0 fully saturated rings. The van der Waals surface area contributed by atoms with Crippen molar-refractivity contribution in [2.24, 2.45) is 4.99 Å². The summed E-state index contributed by atoms with van der Waals surface area (Å²) in [5, 5.41) is 0.673. The maximum Gasteiger partial charge on any atom is 0.271 e. The highest BCUT2D eigenvalue weighted by Gasteiger charge is 2.32. The molecule has 6 heteroatoms. The van der Waals surface area contributed by atoms with Crippen LogP contribution in [-0.2, 0) is 13.0 Å². The van der Waals surface area contributed by atoms with Gasteiger partial charge in [0.1, 0.15) is 12.4 Å². The molecule has 4 nitrogen and oxygen atoms in total. The molecule has 2 aliphatic rings. The number of rotatable bonds is 5. The Morgan fingerprint density at radius 2 is 1.65 bits per heavy atom. The predicted molar refractivity (Wildman–Crippen MR) is 161 cm³/mol. The predicted octanol–water partition coefficient (Wildman–Crippen LogP) is 6.55. The fraction of sp³-hybridized carbons (Fsp3) is 0.118. The molecule has 0 amide bonds. The maximum absolute atomic E-state index is 14.1. The first-order chi connectivity index (χ1) is 19.7. The first kappa shape index (κ1) is 24.8. The third-order valence-electron chi connectivity index (χ3n) is 7.50. The number of ether oxygens (including phenoxy) is 1. The largest absolute Gasteiger partial charge is 0.488 e. The Labute approximate surface area is 240 Å². The molecule has 5 aromatic rings. The summed E-state index contributed by atoms with van der Waals surface area (Å²) in [4.78, 5) is 19.9. The minimum atomic E-state index is -0.233. The molecule has 2 heterocycles. The highest BCUT2D eigenvalue weighted by Crippen LogP contribution is 2.41. The average Bonchev–Trinajstić information content (AvgIpc) is 3.30. The van der Waals surface area contributed by atoms with Gasteiger partial charge in [0.25, 0.3) is 5.56 Å². The quantitative estimate of drug-likeness (QED) is 0.245. The maximum atomic E-state index is 14.1. The Bertz CT molecular complexity index is 1940. The number of allylic oxidation sites excluding steroid dienone is 1. The molecule has 0 saturated carbocycles. The van der Waals surface area contributed by atoms with Crippen LogP contribution >= 0.6 is 22.9 Å². The van der Waals surface area contributed by atoms with E-state index in [9.17, 15) is 4.79 Å². The lowest BCUT2D eigenvalue weighted by Crippen LogP contribution is -2.38. The molecule has 7 rings (SSSR count). The van der Waals surface area contributed by atoms with Crippen LogP contribution in [0.3, 0.4) is 0 Å². The molecule has 40 heavy (non-hydrogen) atoms. The van der Waals surface area contributed by atoms with Crippen LogP contribution < -0.4 is 19.6 Å². The molecule has 1 aliphatic heterocycles. The summed E-state index contributed by atoms with van der Waals surface area (Å²) in [7, 11) is 0. The van der Waals surface area contributed by atoms with Crippen molar-refractivity contribution in [3.8, 4) is 5.75 Å². The molecule has 0 bridgehead atoms. The molecule has 0 saturated heterocycles. The van der Waals surface area contributed by atoms with E-state index in [4.69, 9.17) is 21.3 Å². The van der Waals surface area contributed by atoms with Crippen LogP contribution in [0.4, 0.5) is 0 Å². The molecule has 196 valence electrons. The van der Waals surface area contributed by atoms with Gasteiger partial charge in [-0.15, -0.1) is 0 Å². The Balaban J connectivity index is 1.37. The Kier molecular flexibility index (Phi) is 6.46. The van der Waals surface area contributed by atoms with E-state index >= 15 is 0 Å². The zero-order valence-corrected chi connectivity index (χ0v) is 23.2. The van der Waals surface area contributed by atoms with Crippen molar-refractivity contribution in [3.05, 3.63) is 161 Å². The summed E-state index contributed by atoms with van der Waals surface area (Å²) in [6.45, 7) is 0.454. The molecule has 0 unspecified atom stereocenters. The van der Waals surface area contributed by atoms with Crippen molar-refractivity contribution in [1.82, 2.24) is 4.57 Å². The Morgan fingerprint density at radius 3 is 2.50 bits per heavy atom. The summed E-state index contributed by atoms with van der Waals surface area (Å²) in [6, 6.07) is 34.0. The number of fused-ring (bicyclic) bond motifs is 3. The van der Waals surface area contributed by atoms with Gasteiger partial charge in [-0.2, -0.15) is 0 Å². The van der Waals surface area contributed by atoms with Gasteiger partial charge in [-0.25, -0.2) is 4.99 Å². The van der Waals surface area contributed by atoms with Crippen LogP contribution in [0.2, 0.25) is 5.02 Å².